The second-order valence-electron chi connectivity index (χ2n) is 10.7. The summed E-state index contributed by atoms with van der Waals surface area (Å²) in [5.74, 6) is -2.62. The number of thioether (sulfide) groups is 1. The van der Waals surface area contributed by atoms with Crippen LogP contribution in [0.15, 0.2) is 54.7 Å². The van der Waals surface area contributed by atoms with Crippen molar-refractivity contribution in [3.63, 3.8) is 0 Å². The maximum Gasteiger partial charge on any atom is 0.326 e. The van der Waals surface area contributed by atoms with Gasteiger partial charge in [-0.1, -0.05) is 50.6 Å². The number of nitrogens with one attached hydrogen (secondary N) is 4. The highest BCUT2D eigenvalue weighted by Gasteiger charge is 2.33. The number of nitrogens with two attached hydrogens (primary N) is 1. The molecule has 8 N–H and O–H groups in total. The summed E-state index contributed by atoms with van der Waals surface area (Å²) in [6.45, 7) is 3.64. The lowest BCUT2D eigenvalue weighted by Crippen LogP contribution is -2.59. The Labute approximate surface area is 255 Å². The Morgan fingerprint density at radius 3 is 2.26 bits per heavy atom. The Morgan fingerprint density at radius 2 is 1.60 bits per heavy atom. The lowest BCUT2D eigenvalue weighted by molar-refractivity contribution is -0.142. The summed E-state index contributed by atoms with van der Waals surface area (Å²) >= 11 is 1.51. The average molecular weight is 612 g/mol. The monoisotopic (exact) mass is 611 g/mol. The predicted octanol–water partition coefficient (Wildman–Crippen LogP) is 2.32. The van der Waals surface area contributed by atoms with E-state index in [2.05, 4.69) is 20.9 Å². The number of carboxylic acid groups (broad SMARTS) is 1. The molecule has 0 radical (unpaired) electrons. The summed E-state index contributed by atoms with van der Waals surface area (Å²) in [6, 6.07) is 9.59. The molecule has 0 fully saturated rings. The van der Waals surface area contributed by atoms with E-state index in [1.165, 1.54) is 23.9 Å². The van der Waals surface area contributed by atoms with Crippen LogP contribution in [0.1, 0.15) is 37.8 Å². The van der Waals surface area contributed by atoms with E-state index < -0.39 is 47.9 Å². The second-order valence-corrected chi connectivity index (χ2v) is 11.6. The number of aromatic amines is 1. The zero-order valence-electron chi connectivity index (χ0n) is 24.6. The molecule has 2 aromatic carbocycles. The van der Waals surface area contributed by atoms with Crippen LogP contribution in [0.5, 0.6) is 5.75 Å². The number of carboxylic acids is 1. The number of H-pyrrole nitrogens is 1. The molecule has 3 aromatic rings. The van der Waals surface area contributed by atoms with Crippen LogP contribution in [0.4, 0.5) is 0 Å². The number of phenolic OH excluding ortho intramolecular Hbond substituents is 1. The first-order valence-electron chi connectivity index (χ1n) is 14.2. The van der Waals surface area contributed by atoms with Crippen molar-refractivity contribution in [2.75, 3.05) is 12.0 Å². The van der Waals surface area contributed by atoms with Gasteiger partial charge in [-0.15, -0.1) is 0 Å². The van der Waals surface area contributed by atoms with Crippen LogP contribution in [0.2, 0.25) is 0 Å². The SMILES string of the molecule is CCC(C)C(NC(=O)C(CCSC)NC(=O)C(N)Cc1c[nH]c2ccccc12)C(=O)NC(Cc1ccc(O)cc1)C(=O)O. The van der Waals surface area contributed by atoms with Crippen molar-refractivity contribution < 1.29 is 29.4 Å². The summed E-state index contributed by atoms with van der Waals surface area (Å²) in [7, 11) is 0. The van der Waals surface area contributed by atoms with Gasteiger partial charge in [-0.05, 0) is 60.1 Å². The normalized spacial score (nSPS) is 14.7. The van der Waals surface area contributed by atoms with Crippen LogP contribution in [-0.2, 0) is 32.0 Å². The number of aliphatic carboxylic acids is 1. The third-order valence-electron chi connectivity index (χ3n) is 7.48. The van der Waals surface area contributed by atoms with Crippen molar-refractivity contribution in [3.05, 3.63) is 65.9 Å². The number of aromatic nitrogens is 1. The highest BCUT2D eigenvalue weighted by Crippen LogP contribution is 2.19. The number of para-hydroxylation sites is 1. The standard InChI is InChI=1S/C31H41N5O6S/c1-4-18(2)27(30(40)35-26(31(41)42)15-19-9-11-21(37)12-10-19)36-29(39)25(13-14-43-3)34-28(38)23(32)16-20-17-33-24-8-6-5-7-22(20)24/h5-12,17-18,23,25-27,33,37H,4,13-16,32H2,1-3H3,(H,34,38)(H,35,40)(H,36,39)(H,41,42). The largest absolute Gasteiger partial charge is 0.508 e. The molecule has 232 valence electrons. The summed E-state index contributed by atoms with van der Waals surface area (Å²) in [5.41, 5.74) is 8.69. The van der Waals surface area contributed by atoms with Crippen molar-refractivity contribution in [2.45, 2.75) is 63.7 Å². The van der Waals surface area contributed by atoms with E-state index in [-0.39, 0.29) is 24.5 Å². The summed E-state index contributed by atoms with van der Waals surface area (Å²) in [6.07, 6.45) is 4.80. The Morgan fingerprint density at radius 1 is 0.930 bits per heavy atom. The highest BCUT2D eigenvalue weighted by molar-refractivity contribution is 7.98. The van der Waals surface area contributed by atoms with Crippen molar-refractivity contribution in [3.8, 4) is 5.75 Å². The Bertz CT molecular complexity index is 1390. The fourth-order valence-electron chi connectivity index (χ4n) is 4.70. The molecule has 43 heavy (non-hydrogen) atoms. The Kier molecular flexibility index (Phi) is 12.4. The number of carbonyl (C=O) groups is 4. The van der Waals surface area contributed by atoms with Gasteiger partial charge in [-0.25, -0.2) is 4.79 Å². The van der Waals surface area contributed by atoms with Crippen molar-refractivity contribution in [1.82, 2.24) is 20.9 Å². The lowest BCUT2D eigenvalue weighted by atomic mass is 9.96. The molecule has 0 saturated carbocycles. The van der Waals surface area contributed by atoms with E-state index in [9.17, 15) is 29.4 Å². The molecule has 1 aromatic heterocycles. The number of hydrogen-bond acceptors (Lipinski definition) is 7. The molecule has 0 aliphatic heterocycles. The van der Waals surface area contributed by atoms with Crippen LogP contribution in [0.25, 0.3) is 10.9 Å². The van der Waals surface area contributed by atoms with Gasteiger partial charge >= 0.3 is 5.97 Å². The number of hydrogen-bond donors (Lipinski definition) is 7. The van der Waals surface area contributed by atoms with Crippen molar-refractivity contribution in [2.24, 2.45) is 11.7 Å². The number of carbonyl (C=O) groups excluding carboxylic acids is 3. The maximum absolute atomic E-state index is 13.5. The number of amides is 3. The maximum atomic E-state index is 13.5. The molecule has 5 atom stereocenters. The number of fused-ring (bicyclic) bond motifs is 1. The molecule has 0 aliphatic rings. The Balaban J connectivity index is 1.70. The summed E-state index contributed by atoms with van der Waals surface area (Å²) in [5, 5.41) is 28.3. The van der Waals surface area contributed by atoms with Gasteiger partial charge in [0.25, 0.3) is 0 Å². The van der Waals surface area contributed by atoms with E-state index in [1.807, 2.05) is 43.6 Å². The van der Waals surface area contributed by atoms with E-state index >= 15 is 0 Å². The van der Waals surface area contributed by atoms with Crippen LogP contribution >= 0.6 is 11.8 Å². The molecule has 11 nitrogen and oxygen atoms in total. The molecular weight excluding hydrogens is 570 g/mol. The van der Waals surface area contributed by atoms with Gasteiger partial charge in [0, 0.05) is 23.5 Å². The first-order chi connectivity index (χ1) is 20.5. The number of rotatable bonds is 16. The Hall–Kier alpha value is -4.03. The predicted molar refractivity (Wildman–Crippen MR) is 168 cm³/mol. The summed E-state index contributed by atoms with van der Waals surface area (Å²) < 4.78 is 0. The van der Waals surface area contributed by atoms with Crippen LogP contribution in [0.3, 0.4) is 0 Å². The lowest BCUT2D eigenvalue weighted by Gasteiger charge is -2.28. The molecular formula is C31H41N5O6S. The molecule has 1 heterocycles. The minimum absolute atomic E-state index is 0.0107. The van der Waals surface area contributed by atoms with Gasteiger partial charge in [0.1, 0.15) is 23.9 Å². The van der Waals surface area contributed by atoms with Crippen LogP contribution in [0, 0.1) is 5.92 Å². The van der Waals surface area contributed by atoms with Crippen LogP contribution in [-0.4, -0.2) is 75.1 Å². The van der Waals surface area contributed by atoms with Gasteiger partial charge in [0.15, 0.2) is 0 Å². The van der Waals surface area contributed by atoms with Crippen LogP contribution < -0.4 is 21.7 Å². The minimum Gasteiger partial charge on any atom is -0.508 e. The molecule has 3 amide bonds. The number of aromatic hydroxyl groups is 1. The average Bonchev–Trinajstić information content (AvgIpc) is 3.40. The van der Waals surface area contributed by atoms with E-state index in [0.717, 1.165) is 16.5 Å². The molecule has 0 spiro atoms. The zero-order chi connectivity index (χ0) is 31.5. The van der Waals surface area contributed by atoms with Crippen molar-refractivity contribution >= 4 is 46.4 Å². The van der Waals surface area contributed by atoms with Gasteiger partial charge < -0.3 is 36.9 Å². The number of phenols is 1. The molecule has 12 heteroatoms. The molecule has 3 rings (SSSR count). The molecule has 0 saturated heterocycles. The zero-order valence-corrected chi connectivity index (χ0v) is 25.4. The quantitative estimate of drug-likeness (QED) is 0.129. The van der Waals surface area contributed by atoms with Crippen molar-refractivity contribution in [1.29, 1.82) is 0 Å². The molecule has 5 unspecified atom stereocenters. The van der Waals surface area contributed by atoms with Gasteiger partial charge in [-0.2, -0.15) is 11.8 Å². The molecule has 0 bridgehead atoms. The van der Waals surface area contributed by atoms with Gasteiger partial charge in [-0.3, -0.25) is 14.4 Å². The minimum atomic E-state index is -1.25. The third-order valence-corrected chi connectivity index (χ3v) is 8.12. The first-order valence-corrected chi connectivity index (χ1v) is 15.6. The fourth-order valence-corrected chi connectivity index (χ4v) is 5.17. The van der Waals surface area contributed by atoms with E-state index in [0.29, 0.717) is 24.2 Å². The van der Waals surface area contributed by atoms with E-state index in [1.54, 1.807) is 19.1 Å². The van der Waals surface area contributed by atoms with Gasteiger partial charge in [0.2, 0.25) is 17.7 Å². The second kappa shape index (κ2) is 16.0. The number of benzene rings is 2. The third kappa shape index (κ3) is 9.48. The molecule has 0 aliphatic carbocycles. The van der Waals surface area contributed by atoms with E-state index in [4.69, 9.17) is 5.73 Å². The topological polar surface area (TPSA) is 187 Å². The highest BCUT2D eigenvalue weighted by atomic mass is 32.2. The first kappa shape index (κ1) is 33.5. The summed E-state index contributed by atoms with van der Waals surface area (Å²) in [4.78, 5) is 55.1. The van der Waals surface area contributed by atoms with Gasteiger partial charge in [0.05, 0.1) is 6.04 Å². The smallest absolute Gasteiger partial charge is 0.326 e. The fraction of sp³-hybridized carbons (Fsp3) is 0.419.